The fourth-order valence-corrected chi connectivity index (χ4v) is 1.38. The van der Waals surface area contributed by atoms with Crippen molar-refractivity contribution < 1.29 is 0 Å². The standard InChI is InChI=1S/C9H11ClN6/c1-5(2)6-3-4-16(15-6)9-13-7(10)12-8(11)14-9/h3-5H,1-2H3,(H2,11,12,13,14). The highest BCUT2D eigenvalue weighted by molar-refractivity contribution is 6.28. The van der Waals surface area contributed by atoms with E-state index in [9.17, 15) is 0 Å². The van der Waals surface area contributed by atoms with Crippen LogP contribution in [0, 0.1) is 0 Å². The SMILES string of the molecule is CC(C)c1ccn(-c2nc(N)nc(Cl)n2)n1. The second kappa shape index (κ2) is 4.05. The molecule has 2 aromatic heterocycles. The van der Waals surface area contributed by atoms with Gasteiger partial charge in [-0.1, -0.05) is 13.8 Å². The Balaban J connectivity index is 2.42. The van der Waals surface area contributed by atoms with Gasteiger partial charge in [-0.3, -0.25) is 0 Å². The van der Waals surface area contributed by atoms with Crippen LogP contribution in [0.4, 0.5) is 5.95 Å². The van der Waals surface area contributed by atoms with Crippen molar-refractivity contribution in [1.82, 2.24) is 24.7 Å². The summed E-state index contributed by atoms with van der Waals surface area (Å²) in [7, 11) is 0. The molecule has 0 fully saturated rings. The van der Waals surface area contributed by atoms with Crippen LogP contribution in [0.1, 0.15) is 25.5 Å². The molecule has 0 bridgehead atoms. The molecule has 0 unspecified atom stereocenters. The summed E-state index contributed by atoms with van der Waals surface area (Å²) in [5.74, 6) is 0.747. The minimum absolute atomic E-state index is 0.0593. The number of anilines is 1. The molecule has 84 valence electrons. The highest BCUT2D eigenvalue weighted by Crippen LogP contribution is 2.13. The maximum Gasteiger partial charge on any atom is 0.256 e. The third kappa shape index (κ3) is 2.11. The Hall–Kier alpha value is -1.69. The lowest BCUT2D eigenvalue weighted by Crippen LogP contribution is -2.07. The first kappa shape index (κ1) is 10.8. The van der Waals surface area contributed by atoms with Crippen LogP contribution < -0.4 is 5.73 Å². The predicted molar refractivity (Wildman–Crippen MR) is 60.5 cm³/mol. The molecular weight excluding hydrogens is 228 g/mol. The van der Waals surface area contributed by atoms with E-state index in [1.807, 2.05) is 6.07 Å². The molecule has 16 heavy (non-hydrogen) atoms. The van der Waals surface area contributed by atoms with Gasteiger partial charge < -0.3 is 5.73 Å². The van der Waals surface area contributed by atoms with Crippen LogP contribution in [0.2, 0.25) is 5.28 Å². The molecule has 0 atom stereocenters. The zero-order valence-electron chi connectivity index (χ0n) is 8.92. The van der Waals surface area contributed by atoms with Gasteiger partial charge in [0.05, 0.1) is 5.69 Å². The van der Waals surface area contributed by atoms with Crippen LogP contribution >= 0.6 is 11.6 Å². The molecule has 0 aromatic carbocycles. The van der Waals surface area contributed by atoms with Crippen molar-refractivity contribution in [2.45, 2.75) is 19.8 Å². The Labute approximate surface area is 97.5 Å². The molecule has 0 spiro atoms. The Morgan fingerprint density at radius 1 is 1.31 bits per heavy atom. The van der Waals surface area contributed by atoms with Gasteiger partial charge >= 0.3 is 0 Å². The summed E-state index contributed by atoms with van der Waals surface area (Å²) in [5.41, 5.74) is 6.43. The fourth-order valence-electron chi connectivity index (χ4n) is 1.21. The normalized spacial score (nSPS) is 11.0. The number of rotatable bonds is 2. The summed E-state index contributed by atoms with van der Waals surface area (Å²) in [6.45, 7) is 4.11. The van der Waals surface area contributed by atoms with E-state index in [4.69, 9.17) is 17.3 Å². The minimum atomic E-state index is 0.0593. The average Bonchev–Trinajstić information content (AvgIpc) is 2.64. The van der Waals surface area contributed by atoms with Crippen LogP contribution in [-0.2, 0) is 0 Å². The molecule has 7 heteroatoms. The Kier molecular flexibility index (Phi) is 2.74. The lowest BCUT2D eigenvalue weighted by Gasteiger charge is -2.01. The van der Waals surface area contributed by atoms with E-state index in [2.05, 4.69) is 33.9 Å². The zero-order chi connectivity index (χ0) is 11.7. The number of hydrogen-bond acceptors (Lipinski definition) is 5. The largest absolute Gasteiger partial charge is 0.368 e. The van der Waals surface area contributed by atoms with Crippen molar-refractivity contribution >= 4 is 17.5 Å². The van der Waals surface area contributed by atoms with Crippen molar-refractivity contribution in [2.75, 3.05) is 5.73 Å². The van der Waals surface area contributed by atoms with E-state index in [1.54, 1.807) is 6.20 Å². The van der Waals surface area contributed by atoms with E-state index in [-0.39, 0.29) is 11.2 Å². The van der Waals surface area contributed by atoms with Gasteiger partial charge in [0.15, 0.2) is 0 Å². The first-order valence-corrected chi connectivity index (χ1v) is 5.17. The third-order valence-corrected chi connectivity index (χ3v) is 2.19. The molecule has 2 aromatic rings. The van der Waals surface area contributed by atoms with Crippen LogP contribution in [0.5, 0.6) is 0 Å². The number of nitrogens with two attached hydrogens (primary N) is 1. The average molecular weight is 239 g/mol. The quantitative estimate of drug-likeness (QED) is 0.856. The van der Waals surface area contributed by atoms with Crippen molar-refractivity contribution in [2.24, 2.45) is 0 Å². The molecule has 0 radical (unpaired) electrons. The van der Waals surface area contributed by atoms with E-state index in [0.29, 0.717) is 11.9 Å². The maximum atomic E-state index is 5.69. The van der Waals surface area contributed by atoms with Gasteiger partial charge in [-0.2, -0.15) is 20.1 Å². The predicted octanol–water partition coefficient (Wildman–Crippen LogP) is 1.42. The highest BCUT2D eigenvalue weighted by atomic mass is 35.5. The second-order valence-corrected chi connectivity index (χ2v) is 3.94. The molecule has 0 saturated heterocycles. The van der Waals surface area contributed by atoms with Gasteiger partial charge in [-0.25, -0.2) is 4.68 Å². The van der Waals surface area contributed by atoms with Crippen molar-refractivity contribution in [3.8, 4) is 5.95 Å². The highest BCUT2D eigenvalue weighted by Gasteiger charge is 2.08. The topological polar surface area (TPSA) is 82.5 Å². The first-order chi connectivity index (χ1) is 7.56. The van der Waals surface area contributed by atoms with Crippen molar-refractivity contribution in [1.29, 1.82) is 0 Å². The summed E-state index contributed by atoms with van der Waals surface area (Å²) in [4.78, 5) is 11.6. The van der Waals surface area contributed by atoms with Gasteiger partial charge in [0.2, 0.25) is 11.2 Å². The zero-order valence-corrected chi connectivity index (χ0v) is 9.68. The maximum absolute atomic E-state index is 5.69. The number of aromatic nitrogens is 5. The lowest BCUT2D eigenvalue weighted by molar-refractivity contribution is 0.739. The van der Waals surface area contributed by atoms with E-state index >= 15 is 0 Å². The molecule has 0 aliphatic carbocycles. The van der Waals surface area contributed by atoms with E-state index in [0.717, 1.165) is 5.69 Å². The first-order valence-electron chi connectivity index (χ1n) is 4.79. The Bertz CT molecular complexity index is 486. The summed E-state index contributed by atoms with van der Waals surface area (Å²) < 4.78 is 1.53. The number of nitrogens with zero attached hydrogens (tertiary/aromatic N) is 5. The molecule has 0 aliphatic rings. The molecule has 0 saturated carbocycles. The Morgan fingerprint density at radius 3 is 2.62 bits per heavy atom. The summed E-state index contributed by atoms with van der Waals surface area (Å²) >= 11 is 5.69. The molecule has 0 aliphatic heterocycles. The van der Waals surface area contributed by atoms with Crippen molar-refractivity contribution in [3.63, 3.8) is 0 Å². The number of nitrogen functional groups attached to an aromatic ring is 1. The van der Waals surface area contributed by atoms with Gasteiger partial charge in [0.25, 0.3) is 5.95 Å². The van der Waals surface area contributed by atoms with E-state index < -0.39 is 0 Å². The smallest absolute Gasteiger partial charge is 0.256 e. The van der Waals surface area contributed by atoms with Crippen LogP contribution in [0.3, 0.4) is 0 Å². The summed E-state index contributed by atoms with van der Waals surface area (Å²) in [5, 5.41) is 4.37. The summed E-state index contributed by atoms with van der Waals surface area (Å²) in [6.07, 6.45) is 1.76. The van der Waals surface area contributed by atoms with Crippen LogP contribution in [-0.4, -0.2) is 24.7 Å². The fraction of sp³-hybridized carbons (Fsp3) is 0.333. The molecule has 2 N–H and O–H groups in total. The number of hydrogen-bond donors (Lipinski definition) is 1. The van der Waals surface area contributed by atoms with Crippen molar-refractivity contribution in [3.05, 3.63) is 23.2 Å². The molecule has 2 heterocycles. The molecular formula is C9H11ClN6. The third-order valence-electron chi connectivity index (χ3n) is 2.02. The van der Waals surface area contributed by atoms with Gasteiger partial charge in [0, 0.05) is 6.20 Å². The second-order valence-electron chi connectivity index (χ2n) is 3.60. The lowest BCUT2D eigenvalue weighted by atomic mass is 10.1. The minimum Gasteiger partial charge on any atom is -0.368 e. The number of halogens is 1. The summed E-state index contributed by atoms with van der Waals surface area (Å²) in [6, 6.07) is 1.90. The van der Waals surface area contributed by atoms with Gasteiger partial charge in [0.1, 0.15) is 0 Å². The molecule has 6 nitrogen and oxygen atoms in total. The van der Waals surface area contributed by atoms with E-state index in [1.165, 1.54) is 4.68 Å². The van der Waals surface area contributed by atoms with Crippen LogP contribution in [0.25, 0.3) is 5.95 Å². The molecule has 2 rings (SSSR count). The van der Waals surface area contributed by atoms with Gasteiger partial charge in [-0.05, 0) is 23.6 Å². The molecule has 0 amide bonds. The Morgan fingerprint density at radius 2 is 2.06 bits per heavy atom. The van der Waals surface area contributed by atoms with Crippen LogP contribution in [0.15, 0.2) is 12.3 Å². The monoisotopic (exact) mass is 238 g/mol. The van der Waals surface area contributed by atoms with Gasteiger partial charge in [-0.15, -0.1) is 0 Å².